The SMILES string of the molecule is CC1=[C]([Zr+2]([C]2=C(C)C=C(C(C)(C)C)C2)=[Ge]([c]2ccccc2)[c]2ccccc2)CC(C(C)(C)C)=C1.[Cl-].[Cl-]. The summed E-state index contributed by atoms with van der Waals surface area (Å²) in [6, 6.07) is 23.3. The summed E-state index contributed by atoms with van der Waals surface area (Å²) in [5.41, 5.74) is 6.95. The van der Waals surface area contributed by atoms with E-state index in [2.05, 4.69) is 128 Å². The second-order valence-electron chi connectivity index (χ2n) is 12.0. The Morgan fingerprint density at radius 1 is 0.583 bits per heavy atom. The smallest absolute Gasteiger partial charge is 1.00 e. The zero-order chi connectivity index (χ0) is 24.7. The Hall–Kier alpha value is -0.594. The zero-order valence-electron chi connectivity index (χ0n) is 23.1. The fraction of sp³-hybridized carbons (Fsp3) is 0.375. The molecule has 0 bridgehead atoms. The predicted molar refractivity (Wildman–Crippen MR) is 148 cm³/mol. The van der Waals surface area contributed by atoms with E-state index in [9.17, 15) is 0 Å². The van der Waals surface area contributed by atoms with Crippen molar-refractivity contribution in [3.05, 3.63) is 102 Å². The Morgan fingerprint density at radius 3 is 1.19 bits per heavy atom. The molecule has 0 amide bonds. The topological polar surface area (TPSA) is 0 Å². The van der Waals surface area contributed by atoms with E-state index in [1.165, 1.54) is 12.8 Å². The van der Waals surface area contributed by atoms with E-state index in [1.807, 2.05) is 6.56 Å². The molecule has 4 rings (SSSR count). The van der Waals surface area contributed by atoms with Crippen molar-refractivity contribution in [3.63, 3.8) is 0 Å². The molecular formula is C32H40Cl2GeZr. The van der Waals surface area contributed by atoms with Gasteiger partial charge in [-0.1, -0.05) is 0 Å². The van der Waals surface area contributed by atoms with Crippen molar-refractivity contribution in [2.75, 3.05) is 0 Å². The van der Waals surface area contributed by atoms with Gasteiger partial charge in [-0.2, -0.15) is 0 Å². The number of hydrogen-bond acceptors (Lipinski definition) is 0. The van der Waals surface area contributed by atoms with E-state index in [4.69, 9.17) is 0 Å². The maximum atomic E-state index is 2.56. The van der Waals surface area contributed by atoms with Crippen molar-refractivity contribution < 1.29 is 43.4 Å². The molecule has 0 aromatic heterocycles. The van der Waals surface area contributed by atoms with E-state index in [1.54, 1.807) is 31.1 Å². The van der Waals surface area contributed by atoms with Crippen molar-refractivity contribution in [2.45, 2.75) is 68.2 Å². The number of benzene rings is 2. The maximum absolute atomic E-state index is 2.56. The average Bonchev–Trinajstić information content (AvgIpc) is 3.36. The van der Waals surface area contributed by atoms with Crippen molar-refractivity contribution in [3.8, 4) is 0 Å². The van der Waals surface area contributed by atoms with Crippen LogP contribution in [0.5, 0.6) is 0 Å². The molecule has 0 spiro atoms. The molecule has 2 aromatic rings. The molecule has 0 unspecified atom stereocenters. The number of rotatable bonds is 4. The summed E-state index contributed by atoms with van der Waals surface area (Å²) in [6.07, 6.45) is 7.54. The van der Waals surface area contributed by atoms with Crippen LogP contribution in [0.3, 0.4) is 0 Å². The van der Waals surface area contributed by atoms with Gasteiger partial charge in [0.25, 0.3) is 0 Å². The van der Waals surface area contributed by atoms with Crippen LogP contribution < -0.4 is 33.6 Å². The molecule has 2 aromatic carbocycles. The molecule has 0 aliphatic heterocycles. The maximum Gasteiger partial charge on any atom is -1.00 e. The molecule has 0 N–H and O–H groups in total. The van der Waals surface area contributed by atoms with Gasteiger partial charge < -0.3 is 24.8 Å². The first kappa shape index (κ1) is 31.6. The Kier molecular flexibility index (Phi) is 11.0. The number of hydrogen-bond donors (Lipinski definition) is 0. The Morgan fingerprint density at radius 2 is 0.917 bits per heavy atom. The summed E-state index contributed by atoms with van der Waals surface area (Å²) in [6.45, 7) is 19.2. The molecule has 0 saturated heterocycles. The van der Waals surface area contributed by atoms with Crippen LogP contribution in [0.25, 0.3) is 0 Å². The van der Waals surface area contributed by atoms with Crippen LogP contribution in [-0.2, 0) is 18.6 Å². The van der Waals surface area contributed by atoms with Crippen LogP contribution in [0.15, 0.2) is 102 Å². The van der Waals surface area contributed by atoms with Crippen LogP contribution in [-0.4, -0.2) is 9.98 Å². The molecule has 0 radical (unpaired) electrons. The van der Waals surface area contributed by atoms with Gasteiger partial charge in [-0.25, -0.2) is 0 Å². The van der Waals surface area contributed by atoms with E-state index < -0.39 is 28.6 Å². The van der Waals surface area contributed by atoms with Crippen LogP contribution in [0.2, 0.25) is 0 Å². The summed E-state index contributed by atoms with van der Waals surface area (Å²) in [7, 11) is -1.78. The predicted octanol–water partition coefficient (Wildman–Crippen LogP) is 1.72. The van der Waals surface area contributed by atoms with E-state index >= 15 is 0 Å². The molecule has 36 heavy (non-hydrogen) atoms. The van der Waals surface area contributed by atoms with E-state index in [0.29, 0.717) is 0 Å². The van der Waals surface area contributed by atoms with Crippen molar-refractivity contribution in [1.29, 1.82) is 0 Å². The van der Waals surface area contributed by atoms with Gasteiger partial charge in [0.1, 0.15) is 0 Å². The van der Waals surface area contributed by atoms with Gasteiger partial charge in [0.05, 0.1) is 0 Å². The van der Waals surface area contributed by atoms with Gasteiger partial charge >= 0.3 is 218 Å². The molecule has 2 aliphatic carbocycles. The van der Waals surface area contributed by atoms with Gasteiger partial charge in [0.15, 0.2) is 0 Å². The largest absolute Gasteiger partial charge is 1.00 e. The van der Waals surface area contributed by atoms with Crippen LogP contribution in [0.1, 0.15) is 68.2 Å². The van der Waals surface area contributed by atoms with Crippen LogP contribution in [0, 0.1) is 10.8 Å². The van der Waals surface area contributed by atoms with Crippen molar-refractivity contribution >= 4 is 18.8 Å². The number of halogens is 2. The van der Waals surface area contributed by atoms with Crippen molar-refractivity contribution in [1.82, 2.24) is 0 Å². The first-order chi connectivity index (χ1) is 16.0. The zero-order valence-corrected chi connectivity index (χ0v) is 29.2. The van der Waals surface area contributed by atoms with E-state index in [-0.39, 0.29) is 35.6 Å². The molecule has 0 heterocycles. The molecule has 190 valence electrons. The summed E-state index contributed by atoms with van der Waals surface area (Å²) >= 11 is -2.23. The summed E-state index contributed by atoms with van der Waals surface area (Å²) in [5.74, 6) is 0. The van der Waals surface area contributed by atoms with Crippen LogP contribution >= 0.6 is 0 Å². The van der Waals surface area contributed by atoms with Crippen LogP contribution in [0.4, 0.5) is 0 Å². The minimum Gasteiger partial charge on any atom is -1.00 e. The second kappa shape index (κ2) is 12.5. The second-order valence-corrected chi connectivity index (χ2v) is 33.4. The molecule has 4 heteroatoms. The Balaban J connectivity index is 0.00000228. The standard InChI is InChI=1S/C12H10Ge.2C10H15.2ClH.Zr/c1-3-7-11(8-4-1)13-12-9-5-2-6-10-12;2*1-8-5-6-9(7-8)10(2,3)4;;;/h1-10H;2*7H,6H2,1-4H3;2*1H;/q;;;;;+2/p-2. The minimum absolute atomic E-state index is 0. The summed E-state index contributed by atoms with van der Waals surface area (Å²) in [4.78, 5) is 0. The molecule has 0 atom stereocenters. The first-order valence-corrected chi connectivity index (χ1v) is 24.6. The van der Waals surface area contributed by atoms with Gasteiger partial charge in [-0.05, 0) is 0 Å². The summed E-state index contributed by atoms with van der Waals surface area (Å²) in [5, 5.41) is 0. The Labute approximate surface area is 241 Å². The molecule has 2 aliphatic rings. The van der Waals surface area contributed by atoms with E-state index in [0.717, 1.165) is 0 Å². The third-order valence-electron chi connectivity index (χ3n) is 7.37. The Bertz CT molecular complexity index is 1150. The van der Waals surface area contributed by atoms with Gasteiger partial charge in [0, 0.05) is 0 Å². The normalized spacial score (nSPS) is 15.5. The fourth-order valence-electron chi connectivity index (χ4n) is 5.14. The van der Waals surface area contributed by atoms with Gasteiger partial charge in [-0.3, -0.25) is 0 Å². The monoisotopic (exact) mass is 658 g/mol. The molecule has 0 fully saturated rings. The third-order valence-corrected chi connectivity index (χ3v) is 39.3. The minimum atomic E-state index is -2.23. The summed E-state index contributed by atoms with van der Waals surface area (Å²) < 4.78 is 7.09. The number of allylic oxidation sites excluding steroid dienone is 8. The fourth-order valence-corrected chi connectivity index (χ4v) is 41.9. The molecule has 0 nitrogen and oxygen atoms in total. The molecule has 0 saturated carbocycles. The van der Waals surface area contributed by atoms with Gasteiger partial charge in [-0.15, -0.1) is 0 Å². The quantitative estimate of drug-likeness (QED) is 0.440. The first-order valence-electron chi connectivity index (χ1n) is 12.6. The van der Waals surface area contributed by atoms with Gasteiger partial charge in [0.2, 0.25) is 0 Å². The average molecular weight is 659 g/mol. The third kappa shape index (κ3) is 6.88. The molecular weight excluding hydrogens is 619 g/mol. The van der Waals surface area contributed by atoms with Crippen molar-refractivity contribution in [2.24, 2.45) is 10.8 Å².